The molecule has 0 radical (unpaired) electrons. The average Bonchev–Trinajstić information content (AvgIpc) is 2.41. The number of rotatable bonds is 10. The highest BCUT2D eigenvalue weighted by Gasteiger charge is 2.04. The van der Waals surface area contributed by atoms with Gasteiger partial charge in [-0.1, -0.05) is 28.1 Å². The predicted octanol–water partition coefficient (Wildman–Crippen LogP) is 3.54. The molecule has 1 atom stereocenters. The first-order valence-electron chi connectivity index (χ1n) is 6.79. The van der Waals surface area contributed by atoms with Crippen LogP contribution >= 0.6 is 15.9 Å². The molecule has 108 valence electrons. The van der Waals surface area contributed by atoms with Crippen LogP contribution in [0.1, 0.15) is 31.4 Å². The lowest BCUT2D eigenvalue weighted by molar-refractivity contribution is 0.0687. The summed E-state index contributed by atoms with van der Waals surface area (Å²) in [5, 5.41) is 3.53. The van der Waals surface area contributed by atoms with Gasteiger partial charge < -0.3 is 14.8 Å². The first-order valence-corrected chi connectivity index (χ1v) is 7.59. The Labute approximate surface area is 124 Å². The second-order valence-electron chi connectivity index (χ2n) is 4.54. The molecule has 0 fully saturated rings. The van der Waals surface area contributed by atoms with Gasteiger partial charge in [-0.3, -0.25) is 0 Å². The van der Waals surface area contributed by atoms with Crippen LogP contribution < -0.4 is 5.32 Å². The Morgan fingerprint density at radius 2 is 2.05 bits per heavy atom. The molecule has 0 bridgehead atoms. The molecule has 1 aromatic carbocycles. The molecule has 0 aliphatic rings. The largest absolute Gasteiger partial charge is 0.382 e. The van der Waals surface area contributed by atoms with Gasteiger partial charge in [-0.25, -0.2) is 0 Å². The zero-order valence-electron chi connectivity index (χ0n) is 11.8. The summed E-state index contributed by atoms with van der Waals surface area (Å²) in [7, 11) is 1.69. The van der Waals surface area contributed by atoms with Gasteiger partial charge in [0, 0.05) is 24.2 Å². The van der Waals surface area contributed by atoms with E-state index in [4.69, 9.17) is 9.47 Å². The van der Waals surface area contributed by atoms with Crippen LogP contribution in [0.15, 0.2) is 28.7 Å². The summed E-state index contributed by atoms with van der Waals surface area (Å²) >= 11 is 3.50. The standard InChI is InChI=1S/C15H24BrNO2/c1-13(14-6-5-7-15(16)12-14)17-8-3-4-9-19-11-10-18-2/h5-7,12-13,17H,3-4,8-11H2,1-2H3. The fourth-order valence-corrected chi connectivity index (χ4v) is 2.20. The number of unbranched alkanes of at least 4 members (excludes halogenated alkanes) is 1. The first-order chi connectivity index (χ1) is 9.24. The molecule has 0 amide bonds. The molecule has 4 heteroatoms. The Morgan fingerprint density at radius 1 is 1.21 bits per heavy atom. The number of methoxy groups -OCH3 is 1. The van der Waals surface area contributed by atoms with Gasteiger partial charge in [0.1, 0.15) is 0 Å². The van der Waals surface area contributed by atoms with E-state index in [1.54, 1.807) is 7.11 Å². The highest BCUT2D eigenvalue weighted by Crippen LogP contribution is 2.17. The Bertz CT molecular complexity index is 347. The van der Waals surface area contributed by atoms with E-state index in [1.165, 1.54) is 5.56 Å². The van der Waals surface area contributed by atoms with Gasteiger partial charge in [-0.2, -0.15) is 0 Å². The van der Waals surface area contributed by atoms with Crippen molar-refractivity contribution in [3.63, 3.8) is 0 Å². The maximum Gasteiger partial charge on any atom is 0.0700 e. The van der Waals surface area contributed by atoms with E-state index in [9.17, 15) is 0 Å². The van der Waals surface area contributed by atoms with Gasteiger partial charge in [0.15, 0.2) is 0 Å². The van der Waals surface area contributed by atoms with Crippen molar-refractivity contribution in [3.05, 3.63) is 34.3 Å². The number of hydrogen-bond donors (Lipinski definition) is 1. The van der Waals surface area contributed by atoms with Crippen molar-refractivity contribution in [3.8, 4) is 0 Å². The van der Waals surface area contributed by atoms with Crippen LogP contribution in [0.2, 0.25) is 0 Å². The Balaban J connectivity index is 2.06. The molecule has 0 aliphatic heterocycles. The fourth-order valence-electron chi connectivity index (χ4n) is 1.79. The lowest BCUT2D eigenvalue weighted by atomic mass is 10.1. The van der Waals surface area contributed by atoms with E-state index in [0.29, 0.717) is 19.3 Å². The van der Waals surface area contributed by atoms with E-state index < -0.39 is 0 Å². The lowest BCUT2D eigenvalue weighted by Gasteiger charge is -2.14. The summed E-state index contributed by atoms with van der Waals surface area (Å²) in [6.07, 6.45) is 2.22. The molecule has 0 spiro atoms. The van der Waals surface area contributed by atoms with Crippen molar-refractivity contribution in [2.75, 3.05) is 33.5 Å². The number of hydrogen-bond acceptors (Lipinski definition) is 3. The molecule has 0 heterocycles. The number of benzene rings is 1. The third-order valence-corrected chi connectivity index (χ3v) is 3.44. The molecule has 1 unspecified atom stereocenters. The summed E-state index contributed by atoms with van der Waals surface area (Å²) in [6.45, 7) is 5.39. The smallest absolute Gasteiger partial charge is 0.0700 e. The molecule has 1 aromatic rings. The van der Waals surface area contributed by atoms with E-state index in [2.05, 4.69) is 46.4 Å². The van der Waals surface area contributed by atoms with E-state index in [1.807, 2.05) is 6.07 Å². The van der Waals surface area contributed by atoms with Crippen LogP contribution in [-0.2, 0) is 9.47 Å². The number of ether oxygens (including phenoxy) is 2. The zero-order chi connectivity index (χ0) is 13.9. The van der Waals surface area contributed by atoms with Gasteiger partial charge in [0.2, 0.25) is 0 Å². The molecule has 1 N–H and O–H groups in total. The van der Waals surface area contributed by atoms with Crippen molar-refractivity contribution in [2.45, 2.75) is 25.8 Å². The summed E-state index contributed by atoms with van der Waals surface area (Å²) in [6, 6.07) is 8.81. The quantitative estimate of drug-likeness (QED) is 0.666. The minimum absolute atomic E-state index is 0.381. The second-order valence-corrected chi connectivity index (χ2v) is 5.46. The monoisotopic (exact) mass is 329 g/mol. The van der Waals surface area contributed by atoms with Crippen molar-refractivity contribution in [2.24, 2.45) is 0 Å². The Morgan fingerprint density at radius 3 is 2.79 bits per heavy atom. The van der Waals surface area contributed by atoms with Gasteiger partial charge in [-0.15, -0.1) is 0 Å². The number of nitrogens with one attached hydrogen (secondary N) is 1. The van der Waals surface area contributed by atoms with Crippen molar-refractivity contribution >= 4 is 15.9 Å². The maximum atomic E-state index is 5.42. The van der Waals surface area contributed by atoms with Gasteiger partial charge >= 0.3 is 0 Å². The van der Waals surface area contributed by atoms with Crippen LogP contribution in [0, 0.1) is 0 Å². The highest BCUT2D eigenvalue weighted by atomic mass is 79.9. The molecule has 19 heavy (non-hydrogen) atoms. The zero-order valence-corrected chi connectivity index (χ0v) is 13.4. The summed E-state index contributed by atoms with van der Waals surface area (Å²) in [4.78, 5) is 0. The molecule has 3 nitrogen and oxygen atoms in total. The molecule has 0 saturated heterocycles. The van der Waals surface area contributed by atoms with Crippen molar-refractivity contribution in [1.29, 1.82) is 0 Å². The highest BCUT2D eigenvalue weighted by molar-refractivity contribution is 9.10. The first kappa shape index (κ1) is 16.6. The Kier molecular flexibility index (Phi) is 9.08. The van der Waals surface area contributed by atoms with Crippen molar-refractivity contribution in [1.82, 2.24) is 5.32 Å². The second kappa shape index (κ2) is 10.4. The van der Waals surface area contributed by atoms with Crippen LogP contribution in [0.5, 0.6) is 0 Å². The number of halogens is 1. The van der Waals surface area contributed by atoms with Gasteiger partial charge in [0.05, 0.1) is 13.2 Å². The molecule has 0 saturated carbocycles. The third kappa shape index (κ3) is 7.67. The van der Waals surface area contributed by atoms with Crippen LogP contribution in [0.4, 0.5) is 0 Å². The third-order valence-electron chi connectivity index (χ3n) is 2.95. The average molecular weight is 330 g/mol. The van der Waals surface area contributed by atoms with Gasteiger partial charge in [-0.05, 0) is 44.0 Å². The topological polar surface area (TPSA) is 30.5 Å². The minimum Gasteiger partial charge on any atom is -0.382 e. The Hall–Kier alpha value is -0.420. The van der Waals surface area contributed by atoms with Crippen LogP contribution in [0.25, 0.3) is 0 Å². The van der Waals surface area contributed by atoms with E-state index in [-0.39, 0.29) is 0 Å². The molecule has 1 rings (SSSR count). The SMILES string of the molecule is COCCOCCCCNC(C)c1cccc(Br)c1. The predicted molar refractivity (Wildman–Crippen MR) is 82.5 cm³/mol. The van der Waals surface area contributed by atoms with Gasteiger partial charge in [0.25, 0.3) is 0 Å². The molecule has 0 aromatic heterocycles. The van der Waals surface area contributed by atoms with Crippen LogP contribution in [0.3, 0.4) is 0 Å². The van der Waals surface area contributed by atoms with Crippen molar-refractivity contribution < 1.29 is 9.47 Å². The van der Waals surface area contributed by atoms with Crippen LogP contribution in [-0.4, -0.2) is 33.5 Å². The minimum atomic E-state index is 0.381. The summed E-state index contributed by atoms with van der Waals surface area (Å²) < 4.78 is 11.5. The lowest BCUT2D eigenvalue weighted by Crippen LogP contribution is -2.20. The summed E-state index contributed by atoms with van der Waals surface area (Å²) in [5.41, 5.74) is 1.31. The summed E-state index contributed by atoms with van der Waals surface area (Å²) in [5.74, 6) is 0. The fraction of sp³-hybridized carbons (Fsp3) is 0.600. The molecular formula is C15H24BrNO2. The molecular weight excluding hydrogens is 306 g/mol. The molecule has 0 aliphatic carbocycles. The maximum absolute atomic E-state index is 5.42. The van der Waals surface area contributed by atoms with E-state index in [0.717, 1.165) is 30.5 Å². The normalized spacial score (nSPS) is 12.6. The van der Waals surface area contributed by atoms with E-state index >= 15 is 0 Å².